The first-order chi connectivity index (χ1) is 12.2. The van der Waals surface area contributed by atoms with E-state index in [0.717, 1.165) is 16.9 Å². The van der Waals surface area contributed by atoms with Crippen LogP contribution >= 0.6 is 46.1 Å². The van der Waals surface area contributed by atoms with Crippen molar-refractivity contribution in [3.8, 4) is 0 Å². The van der Waals surface area contributed by atoms with Crippen molar-refractivity contribution in [2.24, 2.45) is 0 Å². The molecule has 10 heteroatoms. The number of hydrogen-bond acceptors (Lipinski definition) is 4. The molecule has 3 aromatic rings. The second-order valence-corrected chi connectivity index (χ2v) is 10.0. The average molecular weight is 451 g/mol. The third kappa shape index (κ3) is 3.87. The van der Waals surface area contributed by atoms with Gasteiger partial charge in [0.25, 0.3) is 10.0 Å². The summed E-state index contributed by atoms with van der Waals surface area (Å²) in [6.07, 6.45) is 0. The van der Waals surface area contributed by atoms with Gasteiger partial charge in [-0.25, -0.2) is 8.42 Å². The minimum Gasteiger partial charge on any atom is -0.275 e. The van der Waals surface area contributed by atoms with E-state index in [1.165, 1.54) is 6.07 Å². The van der Waals surface area contributed by atoms with Crippen molar-refractivity contribution >= 4 is 61.9 Å². The van der Waals surface area contributed by atoms with Crippen molar-refractivity contribution in [3.63, 3.8) is 0 Å². The number of rotatable bonds is 5. The summed E-state index contributed by atoms with van der Waals surface area (Å²) in [6, 6.07) is 8.27. The molecule has 0 aliphatic heterocycles. The summed E-state index contributed by atoms with van der Waals surface area (Å²) >= 11 is 19.3. The zero-order chi connectivity index (χ0) is 19.1. The maximum atomic E-state index is 12.6. The zero-order valence-electron chi connectivity index (χ0n) is 13.8. The highest BCUT2D eigenvalue weighted by Crippen LogP contribution is 2.31. The first kappa shape index (κ1) is 19.5. The van der Waals surface area contributed by atoms with Gasteiger partial charge in [-0.3, -0.25) is 9.40 Å². The Morgan fingerprint density at radius 3 is 2.35 bits per heavy atom. The van der Waals surface area contributed by atoms with Crippen LogP contribution in [0.15, 0.2) is 34.5 Å². The van der Waals surface area contributed by atoms with Crippen LogP contribution in [0.5, 0.6) is 0 Å². The molecule has 0 saturated heterocycles. The Balaban J connectivity index is 1.94. The number of aromatic nitrogens is 2. The van der Waals surface area contributed by atoms with E-state index < -0.39 is 10.0 Å². The Morgan fingerprint density at radius 2 is 1.77 bits per heavy atom. The monoisotopic (exact) mass is 449 g/mol. The quantitative estimate of drug-likeness (QED) is 0.568. The van der Waals surface area contributed by atoms with Gasteiger partial charge in [0, 0.05) is 15.6 Å². The highest BCUT2D eigenvalue weighted by Gasteiger charge is 2.22. The summed E-state index contributed by atoms with van der Waals surface area (Å²) in [7, 11) is -3.73. The summed E-state index contributed by atoms with van der Waals surface area (Å²) in [5.74, 6) is 0. The van der Waals surface area contributed by atoms with Gasteiger partial charge in [0.05, 0.1) is 28.0 Å². The van der Waals surface area contributed by atoms with E-state index in [1.54, 1.807) is 42.8 Å². The van der Waals surface area contributed by atoms with E-state index in [-0.39, 0.29) is 4.21 Å². The van der Waals surface area contributed by atoms with Crippen LogP contribution in [0.2, 0.25) is 14.4 Å². The van der Waals surface area contributed by atoms with Crippen LogP contribution in [0.1, 0.15) is 17.0 Å². The largest absolute Gasteiger partial charge is 0.275 e. The molecular formula is C16H14Cl3N3O2S2. The lowest BCUT2D eigenvalue weighted by atomic mass is 10.2. The van der Waals surface area contributed by atoms with Gasteiger partial charge < -0.3 is 0 Å². The molecule has 0 spiro atoms. The van der Waals surface area contributed by atoms with Gasteiger partial charge in [0.1, 0.15) is 4.21 Å². The molecule has 1 N–H and O–H groups in total. The fourth-order valence-electron chi connectivity index (χ4n) is 2.46. The number of hydrogen-bond donors (Lipinski definition) is 1. The number of anilines is 1. The molecule has 0 fully saturated rings. The fourth-order valence-corrected chi connectivity index (χ4v) is 5.63. The minimum atomic E-state index is -3.73. The molecule has 2 aromatic heterocycles. The smallest absolute Gasteiger partial charge is 0.271 e. The van der Waals surface area contributed by atoms with Crippen molar-refractivity contribution in [1.82, 2.24) is 9.78 Å². The van der Waals surface area contributed by atoms with Crippen LogP contribution in [0.25, 0.3) is 0 Å². The number of nitrogens with zero attached hydrogens (tertiary/aromatic N) is 2. The lowest BCUT2D eigenvalue weighted by molar-refractivity contribution is 0.603. The van der Waals surface area contributed by atoms with Gasteiger partial charge >= 0.3 is 0 Å². The molecule has 26 heavy (non-hydrogen) atoms. The molecule has 0 radical (unpaired) electrons. The van der Waals surface area contributed by atoms with Crippen molar-refractivity contribution in [2.75, 3.05) is 4.72 Å². The molecular weight excluding hydrogens is 437 g/mol. The molecule has 0 bridgehead atoms. The summed E-state index contributed by atoms with van der Waals surface area (Å²) in [5, 5.41) is 5.48. The molecule has 0 saturated carbocycles. The molecule has 5 nitrogen and oxygen atoms in total. The first-order valence-electron chi connectivity index (χ1n) is 7.44. The van der Waals surface area contributed by atoms with Gasteiger partial charge in [-0.1, -0.05) is 40.9 Å². The first-order valence-corrected chi connectivity index (χ1v) is 10.9. The number of benzene rings is 1. The maximum Gasteiger partial charge on any atom is 0.271 e. The summed E-state index contributed by atoms with van der Waals surface area (Å²) in [6.45, 7) is 3.85. The zero-order valence-corrected chi connectivity index (χ0v) is 17.7. The minimum absolute atomic E-state index is 0.142. The van der Waals surface area contributed by atoms with E-state index in [9.17, 15) is 8.42 Å². The maximum absolute atomic E-state index is 12.6. The van der Waals surface area contributed by atoms with Crippen molar-refractivity contribution in [3.05, 3.63) is 61.7 Å². The molecule has 0 amide bonds. The molecule has 0 aliphatic carbocycles. The summed E-state index contributed by atoms with van der Waals surface area (Å²) in [4.78, 5) is 0. The van der Waals surface area contributed by atoms with Crippen molar-refractivity contribution in [1.29, 1.82) is 0 Å². The average Bonchev–Trinajstić information content (AvgIpc) is 3.11. The molecule has 0 aliphatic rings. The van der Waals surface area contributed by atoms with E-state index in [2.05, 4.69) is 9.82 Å². The van der Waals surface area contributed by atoms with Gasteiger partial charge in [0.2, 0.25) is 0 Å². The third-order valence-corrected chi connectivity index (χ3v) is 7.58. The van der Waals surface area contributed by atoms with Gasteiger partial charge in [0.15, 0.2) is 0 Å². The Kier molecular flexibility index (Phi) is 5.55. The Morgan fingerprint density at radius 1 is 1.12 bits per heavy atom. The highest BCUT2D eigenvalue weighted by atomic mass is 35.5. The van der Waals surface area contributed by atoms with E-state index in [4.69, 9.17) is 34.8 Å². The Hall–Kier alpha value is -1.25. The number of aryl methyl sites for hydroxylation is 1. The fraction of sp³-hybridized carbons (Fsp3) is 0.188. The van der Waals surface area contributed by atoms with Crippen molar-refractivity contribution < 1.29 is 8.42 Å². The molecule has 0 unspecified atom stereocenters. The van der Waals surface area contributed by atoms with Gasteiger partial charge in [-0.15, -0.1) is 11.3 Å². The van der Waals surface area contributed by atoms with Gasteiger partial charge in [-0.2, -0.15) is 5.10 Å². The molecule has 1 aromatic carbocycles. The highest BCUT2D eigenvalue weighted by molar-refractivity contribution is 7.94. The van der Waals surface area contributed by atoms with Crippen LogP contribution in [0.3, 0.4) is 0 Å². The number of nitrogens with one attached hydrogen (secondary N) is 1. The van der Waals surface area contributed by atoms with Crippen LogP contribution in [0.4, 0.5) is 5.69 Å². The lowest BCUT2D eigenvalue weighted by Gasteiger charge is -2.10. The molecule has 138 valence electrons. The van der Waals surface area contributed by atoms with Crippen molar-refractivity contribution in [2.45, 2.75) is 24.6 Å². The predicted molar refractivity (Wildman–Crippen MR) is 107 cm³/mol. The van der Waals surface area contributed by atoms with Crippen LogP contribution in [0, 0.1) is 13.8 Å². The molecule has 3 rings (SSSR count). The standard InChI is InChI=1S/C16H14Cl3N3O2S2/c1-9-16(21-26(23,24)15-7-6-14(19)25-15)10(2)22(20-9)8-11-12(17)4-3-5-13(11)18/h3-7,21H,8H2,1-2H3. The van der Waals surface area contributed by atoms with Crippen LogP contribution in [-0.4, -0.2) is 18.2 Å². The number of halogens is 3. The lowest BCUT2D eigenvalue weighted by Crippen LogP contribution is -2.13. The number of thiophene rings is 1. The van der Waals surface area contributed by atoms with E-state index in [1.807, 2.05) is 0 Å². The number of sulfonamides is 1. The van der Waals surface area contributed by atoms with Crippen LogP contribution < -0.4 is 4.72 Å². The second-order valence-electron chi connectivity index (χ2n) is 5.57. The Labute approximate surface area is 170 Å². The second kappa shape index (κ2) is 7.40. The van der Waals surface area contributed by atoms with E-state index >= 15 is 0 Å². The van der Waals surface area contributed by atoms with E-state index in [0.29, 0.717) is 38.0 Å². The summed E-state index contributed by atoms with van der Waals surface area (Å²) in [5.41, 5.74) is 2.36. The van der Waals surface area contributed by atoms with Crippen LogP contribution in [-0.2, 0) is 16.6 Å². The third-order valence-electron chi connectivity index (χ3n) is 3.80. The predicted octanol–water partition coefficient (Wildman–Crippen LogP) is 5.37. The van der Waals surface area contributed by atoms with Gasteiger partial charge in [-0.05, 0) is 38.1 Å². The normalized spacial score (nSPS) is 11.7. The Bertz CT molecular complexity index is 1050. The summed E-state index contributed by atoms with van der Waals surface area (Å²) < 4.78 is 29.9. The topological polar surface area (TPSA) is 64.0 Å². The SMILES string of the molecule is Cc1nn(Cc2c(Cl)cccc2Cl)c(C)c1NS(=O)(=O)c1ccc(Cl)s1. The molecule has 0 atom stereocenters. The molecule has 2 heterocycles.